The fourth-order valence-corrected chi connectivity index (χ4v) is 8.69. The van der Waals surface area contributed by atoms with Gasteiger partial charge in [-0.3, -0.25) is 24.1 Å². The third kappa shape index (κ3) is 10.8. The van der Waals surface area contributed by atoms with E-state index in [0.717, 1.165) is 28.7 Å². The lowest BCUT2D eigenvalue weighted by Gasteiger charge is -2.42. The van der Waals surface area contributed by atoms with Crippen LogP contribution in [-0.2, 0) is 44.7 Å². The summed E-state index contributed by atoms with van der Waals surface area (Å²) in [6, 6.07) is 11.7. The van der Waals surface area contributed by atoms with Gasteiger partial charge in [0.2, 0.25) is 0 Å². The second-order valence-corrected chi connectivity index (χ2v) is 17.8. The summed E-state index contributed by atoms with van der Waals surface area (Å²) >= 11 is 0. The lowest BCUT2D eigenvalue weighted by atomic mass is 9.88. The van der Waals surface area contributed by atoms with Crippen LogP contribution in [0, 0.1) is 29.4 Å². The van der Waals surface area contributed by atoms with E-state index in [2.05, 4.69) is 0 Å². The first-order valence-corrected chi connectivity index (χ1v) is 21.5. The van der Waals surface area contributed by atoms with E-state index >= 15 is 4.39 Å². The molecule has 4 aliphatic heterocycles. The van der Waals surface area contributed by atoms with Gasteiger partial charge in [0.1, 0.15) is 29.2 Å². The minimum Gasteiger partial charge on any atom is -0.453 e. The number of likely N-dealkylation sites (tertiary alicyclic amines) is 2. The number of nitrogens with zero attached hydrogens (tertiary/aromatic N) is 6. The molecule has 1 aromatic heterocycles. The maximum atomic E-state index is 15.5. The molecule has 0 radical (unpaired) electrons. The maximum absolute atomic E-state index is 15.5. The number of hydrogen-bond acceptors (Lipinski definition) is 11. The van der Waals surface area contributed by atoms with Crippen LogP contribution in [0.3, 0.4) is 0 Å². The molecule has 4 aliphatic rings. The standard InChI is InChI=1S/C46H54F2N6O10/c1-28(62-29(2)55)43(58)54(25-33-24-52(45(60)64-46(3,4)5)27-38(33)63-44(59)51-21-31(22-51)23-53-39(56)13-14-40(53)57)41(32-15-17-61-18-16-32)42-49-37(35-19-34(47)11-12-36(35)48)26-50(42)20-30-9-7-6-8-10-30/h6-14,19,26,28,31-33,38,41H,15-18,20-25,27H2,1-5H3/t28-,33?,38?,41?/m0/s1. The topological polar surface area (TPSA) is 170 Å². The Kier molecular flexibility index (Phi) is 13.8. The zero-order valence-corrected chi connectivity index (χ0v) is 36.6. The molecule has 18 heteroatoms. The Morgan fingerprint density at radius 2 is 1.59 bits per heavy atom. The van der Waals surface area contributed by atoms with Crippen LogP contribution < -0.4 is 0 Å². The van der Waals surface area contributed by atoms with Crippen molar-refractivity contribution in [2.24, 2.45) is 17.8 Å². The van der Waals surface area contributed by atoms with E-state index in [4.69, 9.17) is 23.9 Å². The van der Waals surface area contributed by atoms with E-state index in [1.807, 2.05) is 34.9 Å². The number of imidazole rings is 1. The van der Waals surface area contributed by atoms with Crippen LogP contribution in [0.2, 0.25) is 0 Å². The molecule has 64 heavy (non-hydrogen) atoms. The van der Waals surface area contributed by atoms with Crippen molar-refractivity contribution in [2.75, 3.05) is 52.5 Å². The molecule has 7 rings (SSSR count). The van der Waals surface area contributed by atoms with Gasteiger partial charge in [0.25, 0.3) is 17.7 Å². The van der Waals surface area contributed by atoms with Gasteiger partial charge in [-0.15, -0.1) is 0 Å². The molecule has 342 valence electrons. The Morgan fingerprint density at radius 3 is 2.25 bits per heavy atom. The molecule has 3 unspecified atom stereocenters. The molecule has 0 spiro atoms. The van der Waals surface area contributed by atoms with Crippen molar-refractivity contribution >= 4 is 35.9 Å². The van der Waals surface area contributed by atoms with E-state index < -0.39 is 77.3 Å². The molecule has 0 aliphatic carbocycles. The highest BCUT2D eigenvalue weighted by Gasteiger charge is 2.47. The number of imide groups is 1. The minimum absolute atomic E-state index is 0.00605. The molecule has 5 amide bonds. The average Bonchev–Trinajstić information content (AvgIpc) is 3.92. The maximum Gasteiger partial charge on any atom is 0.410 e. The largest absolute Gasteiger partial charge is 0.453 e. The first-order chi connectivity index (χ1) is 30.4. The summed E-state index contributed by atoms with van der Waals surface area (Å²) in [6.45, 7) is 9.19. The quantitative estimate of drug-likeness (QED) is 0.123. The van der Waals surface area contributed by atoms with Gasteiger partial charge in [-0.05, 0) is 70.2 Å². The van der Waals surface area contributed by atoms with Crippen LogP contribution in [0.4, 0.5) is 18.4 Å². The van der Waals surface area contributed by atoms with Crippen LogP contribution >= 0.6 is 0 Å². The summed E-state index contributed by atoms with van der Waals surface area (Å²) in [7, 11) is 0. The van der Waals surface area contributed by atoms with Gasteiger partial charge in [-0.1, -0.05) is 30.3 Å². The van der Waals surface area contributed by atoms with Crippen LogP contribution in [0.1, 0.15) is 64.9 Å². The molecule has 3 aromatic rings. The number of benzene rings is 2. The fraction of sp³-hybridized carbons (Fsp3) is 0.500. The number of ether oxygens (including phenoxy) is 4. The third-order valence-electron chi connectivity index (χ3n) is 11.8. The first kappa shape index (κ1) is 45.8. The van der Waals surface area contributed by atoms with Gasteiger partial charge < -0.3 is 38.2 Å². The van der Waals surface area contributed by atoms with Crippen LogP contribution in [-0.4, -0.2) is 135 Å². The van der Waals surface area contributed by atoms with E-state index in [0.29, 0.717) is 31.9 Å². The van der Waals surface area contributed by atoms with Crippen LogP contribution in [0.25, 0.3) is 11.3 Å². The highest BCUT2D eigenvalue weighted by Crippen LogP contribution is 2.39. The molecular weight excluding hydrogens is 835 g/mol. The number of rotatable bonds is 13. The van der Waals surface area contributed by atoms with Crippen LogP contribution in [0.15, 0.2) is 66.9 Å². The van der Waals surface area contributed by atoms with Crippen molar-refractivity contribution in [3.05, 3.63) is 89.9 Å². The summed E-state index contributed by atoms with van der Waals surface area (Å²) in [5.41, 5.74) is 0.0611. The van der Waals surface area contributed by atoms with Crippen LogP contribution in [0.5, 0.6) is 0 Å². The SMILES string of the molecule is CC(=O)O[C@@H](C)C(=O)N(CC1CN(C(=O)OC(C)(C)C)CC1OC(=O)N1CC(CN2C(=O)C=CC2=O)C1)C(c1nc(-c2cc(F)ccc2F)cn1Cc1ccccc1)C1CCOCC1. The molecule has 4 atom stereocenters. The lowest BCUT2D eigenvalue weighted by molar-refractivity contribution is -0.160. The molecular formula is C46H54F2N6O10. The van der Waals surface area contributed by atoms with Crippen molar-refractivity contribution < 1.29 is 56.5 Å². The van der Waals surface area contributed by atoms with E-state index in [-0.39, 0.29) is 68.9 Å². The van der Waals surface area contributed by atoms with Crippen molar-refractivity contribution in [3.8, 4) is 11.3 Å². The molecule has 2 aromatic carbocycles. The van der Waals surface area contributed by atoms with Gasteiger partial charge >= 0.3 is 18.2 Å². The highest BCUT2D eigenvalue weighted by molar-refractivity contribution is 6.12. The van der Waals surface area contributed by atoms with Gasteiger partial charge in [0, 0.05) is 95.2 Å². The summed E-state index contributed by atoms with van der Waals surface area (Å²) in [4.78, 5) is 89.6. The molecule has 3 saturated heterocycles. The van der Waals surface area contributed by atoms with Gasteiger partial charge in [-0.2, -0.15) is 0 Å². The number of esters is 1. The van der Waals surface area contributed by atoms with E-state index in [9.17, 15) is 33.2 Å². The third-order valence-corrected chi connectivity index (χ3v) is 11.8. The molecule has 3 fully saturated rings. The van der Waals surface area contributed by atoms with Crippen molar-refractivity contribution in [2.45, 2.75) is 77.9 Å². The fourth-order valence-electron chi connectivity index (χ4n) is 8.69. The number of amides is 5. The number of hydrogen-bond donors (Lipinski definition) is 0. The van der Waals surface area contributed by atoms with E-state index in [1.54, 1.807) is 31.9 Å². The Balaban J connectivity index is 1.26. The monoisotopic (exact) mass is 888 g/mol. The van der Waals surface area contributed by atoms with Gasteiger partial charge in [0.05, 0.1) is 18.3 Å². The number of carbonyl (C=O) groups is 6. The molecule has 5 heterocycles. The predicted molar refractivity (Wildman–Crippen MR) is 225 cm³/mol. The Labute approximate surface area is 370 Å². The number of halogens is 2. The summed E-state index contributed by atoms with van der Waals surface area (Å²) in [6.07, 6.45) is 1.42. The van der Waals surface area contributed by atoms with Gasteiger partial charge in [-0.25, -0.2) is 23.4 Å². The lowest BCUT2D eigenvalue weighted by Crippen LogP contribution is -2.55. The minimum atomic E-state index is -1.29. The second kappa shape index (κ2) is 19.3. The molecule has 0 saturated carbocycles. The first-order valence-electron chi connectivity index (χ1n) is 21.5. The second-order valence-electron chi connectivity index (χ2n) is 17.8. The van der Waals surface area contributed by atoms with Crippen molar-refractivity contribution in [1.82, 2.24) is 29.2 Å². The normalized spacial score (nSPS) is 20.3. The summed E-state index contributed by atoms with van der Waals surface area (Å²) in [5, 5.41) is 0. The Hall–Kier alpha value is -6.17. The average molecular weight is 889 g/mol. The Bertz CT molecular complexity index is 2250. The Morgan fingerprint density at radius 1 is 0.922 bits per heavy atom. The van der Waals surface area contributed by atoms with E-state index in [1.165, 1.54) is 35.8 Å². The molecule has 0 N–H and O–H groups in total. The van der Waals surface area contributed by atoms with Gasteiger partial charge in [0.15, 0.2) is 6.10 Å². The smallest absolute Gasteiger partial charge is 0.410 e. The zero-order valence-electron chi connectivity index (χ0n) is 36.6. The molecule has 0 bridgehead atoms. The predicted octanol–water partition coefficient (Wildman–Crippen LogP) is 5.35. The number of carbonyl (C=O) groups excluding carboxylic acids is 6. The highest BCUT2D eigenvalue weighted by atomic mass is 19.1. The number of aromatic nitrogens is 2. The zero-order chi connectivity index (χ0) is 45.9. The van der Waals surface area contributed by atoms with Crippen molar-refractivity contribution in [1.29, 1.82) is 0 Å². The van der Waals surface area contributed by atoms with Crippen molar-refractivity contribution in [3.63, 3.8) is 0 Å². The summed E-state index contributed by atoms with van der Waals surface area (Å²) in [5.74, 6) is -4.31. The molecule has 16 nitrogen and oxygen atoms in total. The summed E-state index contributed by atoms with van der Waals surface area (Å²) < 4.78 is 55.1.